The fourth-order valence-electron chi connectivity index (χ4n) is 3.79. The second-order valence-corrected chi connectivity index (χ2v) is 8.44. The highest BCUT2D eigenvalue weighted by atomic mass is 19.4. The highest BCUT2D eigenvalue weighted by Crippen LogP contribution is 2.41. The zero-order valence-corrected chi connectivity index (χ0v) is 17.3. The Balaban J connectivity index is 2.31. The average Bonchev–Trinajstić information content (AvgIpc) is 2.59. The summed E-state index contributed by atoms with van der Waals surface area (Å²) in [7, 11) is 1.98. The Kier molecular flexibility index (Phi) is 5.03. The molecule has 2 aromatic carbocycles. The number of aryl methyl sites for hydroxylation is 3. The molecule has 3 aromatic rings. The largest absolute Gasteiger partial charge is 0.394 e. The molecule has 0 unspecified atom stereocenters. The van der Waals surface area contributed by atoms with Crippen LogP contribution in [0, 0.1) is 26.2 Å². The van der Waals surface area contributed by atoms with Crippen LogP contribution in [0.15, 0.2) is 42.5 Å². The molecule has 0 aliphatic heterocycles. The van der Waals surface area contributed by atoms with E-state index in [0.29, 0.717) is 0 Å². The smallest absolute Gasteiger partial charge is 0.194 e. The third-order valence-corrected chi connectivity index (χ3v) is 5.77. The first-order valence-electron chi connectivity index (χ1n) is 9.48. The van der Waals surface area contributed by atoms with Crippen LogP contribution in [0.4, 0.5) is 13.2 Å². The summed E-state index contributed by atoms with van der Waals surface area (Å²) in [5.74, 6) is 0. The predicted molar refractivity (Wildman–Crippen MR) is 108 cm³/mol. The lowest BCUT2D eigenvalue weighted by molar-refractivity contribution is -0.633. The van der Waals surface area contributed by atoms with Gasteiger partial charge in [0.25, 0.3) is 0 Å². The van der Waals surface area contributed by atoms with Gasteiger partial charge in [0.05, 0.1) is 5.41 Å². The summed E-state index contributed by atoms with van der Waals surface area (Å²) in [6.45, 7) is 8.73. The number of benzene rings is 2. The number of hydrogen-bond donors (Lipinski definition) is 0. The number of fused-ring (bicyclic) bond motifs is 1. The van der Waals surface area contributed by atoms with Gasteiger partial charge in [-0.05, 0) is 56.0 Å². The molecule has 0 aliphatic carbocycles. The molecule has 1 nitrogen and oxygen atoms in total. The van der Waals surface area contributed by atoms with Gasteiger partial charge in [0.1, 0.15) is 7.05 Å². The Labute approximate surface area is 164 Å². The molecule has 0 aliphatic rings. The standard InChI is InChI=1S/C24H27F3N/c1-15-11-16(2)17(3)20(12-15)22-13-18(14-23(4,5)24(25,26)27)19-9-7-8-10-21(19)28(22)6/h7-13H,14H2,1-6H3/q+1. The highest BCUT2D eigenvalue weighted by molar-refractivity contribution is 5.82. The first-order chi connectivity index (χ1) is 12.9. The van der Waals surface area contributed by atoms with Crippen LogP contribution < -0.4 is 4.57 Å². The van der Waals surface area contributed by atoms with Crippen molar-refractivity contribution < 1.29 is 17.7 Å². The number of halogens is 3. The van der Waals surface area contributed by atoms with Crippen molar-refractivity contribution in [1.29, 1.82) is 0 Å². The Morgan fingerprint density at radius 2 is 1.57 bits per heavy atom. The van der Waals surface area contributed by atoms with Crippen LogP contribution in [-0.2, 0) is 13.5 Å². The van der Waals surface area contributed by atoms with Crippen molar-refractivity contribution in [1.82, 2.24) is 0 Å². The molecule has 4 heteroatoms. The van der Waals surface area contributed by atoms with E-state index in [4.69, 9.17) is 0 Å². The number of hydrogen-bond acceptors (Lipinski definition) is 0. The fourth-order valence-corrected chi connectivity index (χ4v) is 3.79. The molecule has 0 radical (unpaired) electrons. The van der Waals surface area contributed by atoms with Crippen molar-refractivity contribution >= 4 is 10.9 Å². The van der Waals surface area contributed by atoms with Gasteiger partial charge in [-0.3, -0.25) is 0 Å². The molecule has 0 atom stereocenters. The van der Waals surface area contributed by atoms with Crippen molar-refractivity contribution in [2.75, 3.05) is 0 Å². The zero-order valence-electron chi connectivity index (χ0n) is 17.3. The van der Waals surface area contributed by atoms with Crippen molar-refractivity contribution in [3.8, 4) is 11.3 Å². The lowest BCUT2D eigenvalue weighted by Gasteiger charge is -2.28. The number of pyridine rings is 1. The average molecular weight is 386 g/mol. The molecular formula is C24H27F3N+. The Bertz CT molecular complexity index is 1050. The molecule has 0 saturated carbocycles. The summed E-state index contributed by atoms with van der Waals surface area (Å²) in [5.41, 5.74) is 5.34. The van der Waals surface area contributed by atoms with E-state index in [0.717, 1.165) is 38.9 Å². The molecule has 1 heterocycles. The Hall–Kier alpha value is -2.36. The molecule has 0 saturated heterocycles. The number of aromatic nitrogens is 1. The zero-order chi connectivity index (χ0) is 20.9. The SMILES string of the molecule is Cc1cc(C)c(C)c(-c2cc(CC(C)(C)C(F)(F)F)c3ccccc3[n+]2C)c1. The van der Waals surface area contributed by atoms with Gasteiger partial charge in [0.15, 0.2) is 0 Å². The number of rotatable bonds is 3. The highest BCUT2D eigenvalue weighted by Gasteiger charge is 2.47. The summed E-state index contributed by atoms with van der Waals surface area (Å²) in [6, 6.07) is 13.9. The maximum atomic E-state index is 13.6. The van der Waals surface area contributed by atoms with Crippen molar-refractivity contribution in [2.45, 2.75) is 47.2 Å². The van der Waals surface area contributed by atoms with Gasteiger partial charge < -0.3 is 0 Å². The minimum absolute atomic E-state index is 0.0608. The van der Waals surface area contributed by atoms with E-state index >= 15 is 0 Å². The second-order valence-electron chi connectivity index (χ2n) is 8.44. The van der Waals surface area contributed by atoms with E-state index in [1.54, 1.807) is 0 Å². The molecular weight excluding hydrogens is 359 g/mol. The van der Waals surface area contributed by atoms with Gasteiger partial charge in [-0.15, -0.1) is 0 Å². The number of para-hydroxylation sites is 1. The first-order valence-corrected chi connectivity index (χ1v) is 9.48. The molecule has 0 amide bonds. The molecule has 0 bridgehead atoms. The van der Waals surface area contributed by atoms with E-state index in [9.17, 15) is 13.2 Å². The topological polar surface area (TPSA) is 3.88 Å². The van der Waals surface area contributed by atoms with E-state index in [1.807, 2.05) is 44.3 Å². The van der Waals surface area contributed by atoms with E-state index in [2.05, 4.69) is 30.5 Å². The number of alkyl halides is 3. The minimum Gasteiger partial charge on any atom is -0.194 e. The van der Waals surface area contributed by atoms with Crippen LogP contribution in [0.1, 0.15) is 36.1 Å². The summed E-state index contributed by atoms with van der Waals surface area (Å²) in [5, 5.41) is 0.869. The molecule has 28 heavy (non-hydrogen) atoms. The Morgan fingerprint density at radius 3 is 2.21 bits per heavy atom. The van der Waals surface area contributed by atoms with Crippen molar-refractivity contribution in [3.05, 3.63) is 64.7 Å². The number of nitrogens with zero attached hydrogens (tertiary/aromatic N) is 1. The quantitative estimate of drug-likeness (QED) is 0.459. The summed E-state index contributed by atoms with van der Waals surface area (Å²) in [6.07, 6.45) is -4.32. The van der Waals surface area contributed by atoms with Crippen LogP contribution in [0.25, 0.3) is 22.2 Å². The molecule has 1 aromatic heterocycles. The van der Waals surface area contributed by atoms with Crippen LogP contribution in [0.5, 0.6) is 0 Å². The van der Waals surface area contributed by atoms with Crippen molar-refractivity contribution in [3.63, 3.8) is 0 Å². The minimum atomic E-state index is -4.26. The van der Waals surface area contributed by atoms with E-state index in [-0.39, 0.29) is 6.42 Å². The summed E-state index contributed by atoms with van der Waals surface area (Å²) >= 11 is 0. The Morgan fingerprint density at radius 1 is 0.929 bits per heavy atom. The van der Waals surface area contributed by atoms with Crippen LogP contribution in [-0.4, -0.2) is 6.18 Å². The molecule has 0 spiro atoms. The van der Waals surface area contributed by atoms with Gasteiger partial charge in [-0.1, -0.05) is 37.6 Å². The van der Waals surface area contributed by atoms with Gasteiger partial charge in [-0.25, -0.2) is 0 Å². The lowest BCUT2D eigenvalue weighted by Crippen LogP contribution is -2.36. The van der Waals surface area contributed by atoms with Gasteiger partial charge in [0, 0.05) is 23.1 Å². The fraction of sp³-hybridized carbons (Fsp3) is 0.375. The van der Waals surface area contributed by atoms with Crippen LogP contribution >= 0.6 is 0 Å². The maximum Gasteiger partial charge on any atom is 0.394 e. The predicted octanol–water partition coefficient (Wildman–Crippen LogP) is 6.39. The third-order valence-electron chi connectivity index (χ3n) is 5.77. The van der Waals surface area contributed by atoms with Crippen LogP contribution in [0.3, 0.4) is 0 Å². The van der Waals surface area contributed by atoms with Gasteiger partial charge in [0.2, 0.25) is 11.2 Å². The van der Waals surface area contributed by atoms with E-state index < -0.39 is 11.6 Å². The van der Waals surface area contributed by atoms with Crippen LogP contribution in [0.2, 0.25) is 0 Å². The molecule has 3 rings (SSSR count). The third kappa shape index (κ3) is 3.52. The summed E-state index contributed by atoms with van der Waals surface area (Å²) in [4.78, 5) is 0. The summed E-state index contributed by atoms with van der Waals surface area (Å²) < 4.78 is 42.8. The maximum absolute atomic E-state index is 13.6. The first kappa shape index (κ1) is 20.4. The molecule has 148 valence electrons. The normalized spacial score (nSPS) is 12.6. The van der Waals surface area contributed by atoms with E-state index in [1.165, 1.54) is 19.4 Å². The van der Waals surface area contributed by atoms with Crippen molar-refractivity contribution in [2.24, 2.45) is 12.5 Å². The molecule has 0 N–H and O–H groups in total. The van der Waals surface area contributed by atoms with Gasteiger partial charge >= 0.3 is 6.18 Å². The lowest BCUT2D eigenvalue weighted by atomic mass is 9.83. The van der Waals surface area contributed by atoms with Gasteiger partial charge in [-0.2, -0.15) is 17.7 Å². The molecule has 0 fully saturated rings. The second kappa shape index (κ2) is 6.91. The monoisotopic (exact) mass is 386 g/mol.